The average Bonchev–Trinajstić information content (AvgIpc) is 2.65. The molecule has 0 aromatic heterocycles. The summed E-state index contributed by atoms with van der Waals surface area (Å²) in [5.41, 5.74) is 1.27. The molecule has 156 valence electrons. The first kappa shape index (κ1) is 23.5. The first-order valence-electron chi connectivity index (χ1n) is 9.07. The van der Waals surface area contributed by atoms with Crippen LogP contribution in [0.5, 0.6) is 11.5 Å². The van der Waals surface area contributed by atoms with E-state index in [-0.39, 0.29) is 33.6 Å². The molecule has 0 aliphatic carbocycles. The zero-order valence-electron chi connectivity index (χ0n) is 16.5. The van der Waals surface area contributed by atoms with E-state index in [0.29, 0.717) is 28.1 Å². The predicted molar refractivity (Wildman–Crippen MR) is 119 cm³/mol. The Labute approximate surface area is 188 Å². The van der Waals surface area contributed by atoms with Crippen molar-refractivity contribution in [2.45, 2.75) is 33.6 Å². The zero-order chi connectivity index (χ0) is 21.7. The molecule has 2 rings (SSSR count). The summed E-state index contributed by atoms with van der Waals surface area (Å²) in [4.78, 5) is 23.8. The van der Waals surface area contributed by atoms with Crippen LogP contribution in [0.15, 0.2) is 34.8 Å². The van der Waals surface area contributed by atoms with Crippen LogP contribution in [0.1, 0.15) is 39.2 Å². The van der Waals surface area contributed by atoms with Crippen LogP contribution in [0.25, 0.3) is 0 Å². The van der Waals surface area contributed by atoms with E-state index in [0.717, 1.165) is 0 Å². The van der Waals surface area contributed by atoms with Crippen LogP contribution < -0.4 is 10.1 Å². The lowest BCUT2D eigenvalue weighted by Crippen LogP contribution is -2.17. The number of anilines is 1. The van der Waals surface area contributed by atoms with Crippen molar-refractivity contribution in [2.24, 2.45) is 5.92 Å². The topological polar surface area (TPSA) is 64.6 Å². The Bertz CT molecular complexity index is 895. The fourth-order valence-corrected chi connectivity index (χ4v) is 3.42. The number of benzene rings is 2. The molecule has 0 saturated heterocycles. The van der Waals surface area contributed by atoms with Crippen molar-refractivity contribution in [1.82, 2.24) is 0 Å². The third kappa shape index (κ3) is 6.11. The van der Waals surface area contributed by atoms with E-state index in [1.165, 1.54) is 0 Å². The molecule has 0 spiro atoms. The molecule has 1 N–H and O–H groups in total. The van der Waals surface area contributed by atoms with Crippen LogP contribution in [-0.2, 0) is 14.3 Å². The number of hydrogen-bond donors (Lipinski definition) is 1. The van der Waals surface area contributed by atoms with Crippen molar-refractivity contribution in [1.29, 1.82) is 0 Å². The Balaban J connectivity index is 2.23. The SMILES string of the molecule is CCOC(=O)C(C)c1cc(Cl)c(Oc2ccc(NC(=O)C(C)C)c(Br)c2)c(Cl)c1. The lowest BCUT2D eigenvalue weighted by molar-refractivity contribution is -0.144. The predicted octanol–water partition coefficient (Wildman–Crippen LogP) is 6.81. The van der Waals surface area contributed by atoms with Crippen LogP contribution in [0, 0.1) is 5.92 Å². The monoisotopic (exact) mass is 501 g/mol. The molecule has 0 saturated carbocycles. The van der Waals surface area contributed by atoms with Gasteiger partial charge in [0.2, 0.25) is 5.91 Å². The third-order valence-corrected chi connectivity index (χ3v) is 5.32. The van der Waals surface area contributed by atoms with Crippen molar-refractivity contribution < 1.29 is 19.1 Å². The number of carbonyl (C=O) groups is 2. The van der Waals surface area contributed by atoms with E-state index in [4.69, 9.17) is 32.7 Å². The summed E-state index contributed by atoms with van der Waals surface area (Å²) in [5.74, 6) is -0.315. The van der Waals surface area contributed by atoms with Crippen LogP contribution in [0.3, 0.4) is 0 Å². The molecule has 2 aromatic rings. The summed E-state index contributed by atoms with van der Waals surface area (Å²) in [6.07, 6.45) is 0. The highest BCUT2D eigenvalue weighted by atomic mass is 79.9. The van der Waals surface area contributed by atoms with Crippen LogP contribution in [-0.4, -0.2) is 18.5 Å². The van der Waals surface area contributed by atoms with Gasteiger partial charge in [0.15, 0.2) is 5.75 Å². The minimum atomic E-state index is -0.503. The Hall–Kier alpha value is -1.76. The molecule has 1 unspecified atom stereocenters. The average molecular weight is 503 g/mol. The van der Waals surface area contributed by atoms with Crippen molar-refractivity contribution in [2.75, 3.05) is 11.9 Å². The Morgan fingerprint density at radius 3 is 2.24 bits per heavy atom. The van der Waals surface area contributed by atoms with Gasteiger partial charge in [0.25, 0.3) is 0 Å². The van der Waals surface area contributed by atoms with E-state index >= 15 is 0 Å². The molecular formula is C21H22BrCl2NO4. The molecule has 0 fully saturated rings. The number of carbonyl (C=O) groups excluding carboxylic acids is 2. The van der Waals surface area contributed by atoms with Gasteiger partial charge in [0.05, 0.1) is 28.3 Å². The highest BCUT2D eigenvalue weighted by Gasteiger charge is 2.20. The van der Waals surface area contributed by atoms with Crippen molar-refractivity contribution in [3.05, 3.63) is 50.4 Å². The molecule has 8 heteroatoms. The number of hydrogen-bond acceptors (Lipinski definition) is 4. The van der Waals surface area contributed by atoms with Gasteiger partial charge in [-0.3, -0.25) is 9.59 Å². The van der Waals surface area contributed by atoms with Gasteiger partial charge in [-0.25, -0.2) is 0 Å². The summed E-state index contributed by atoms with van der Waals surface area (Å²) in [5, 5.41) is 3.38. The lowest BCUT2D eigenvalue weighted by atomic mass is 10.0. The second-order valence-electron chi connectivity index (χ2n) is 6.68. The smallest absolute Gasteiger partial charge is 0.313 e. The molecule has 2 aromatic carbocycles. The molecule has 0 aliphatic heterocycles. The molecule has 0 aliphatic rings. The Morgan fingerprint density at radius 2 is 1.72 bits per heavy atom. The normalized spacial score (nSPS) is 11.9. The quantitative estimate of drug-likeness (QED) is 0.422. The van der Waals surface area contributed by atoms with Gasteiger partial charge in [-0.1, -0.05) is 37.0 Å². The summed E-state index contributed by atoms with van der Waals surface area (Å²) in [6, 6.07) is 8.40. The number of ether oxygens (including phenoxy) is 2. The van der Waals surface area contributed by atoms with E-state index in [1.54, 1.807) is 44.2 Å². The molecular weight excluding hydrogens is 481 g/mol. The molecule has 0 radical (unpaired) electrons. The summed E-state index contributed by atoms with van der Waals surface area (Å²) in [6.45, 7) is 7.41. The highest BCUT2D eigenvalue weighted by Crippen LogP contribution is 2.40. The van der Waals surface area contributed by atoms with Crippen molar-refractivity contribution in [3.63, 3.8) is 0 Å². The lowest BCUT2D eigenvalue weighted by Gasteiger charge is -2.16. The van der Waals surface area contributed by atoms with Gasteiger partial charge < -0.3 is 14.8 Å². The maximum Gasteiger partial charge on any atom is 0.313 e. The molecule has 1 amide bonds. The van der Waals surface area contributed by atoms with E-state index < -0.39 is 5.92 Å². The van der Waals surface area contributed by atoms with Crippen LogP contribution in [0.4, 0.5) is 5.69 Å². The Morgan fingerprint density at radius 1 is 1.10 bits per heavy atom. The molecule has 0 heterocycles. The maximum atomic E-state index is 12.0. The Kier molecular flexibility index (Phi) is 8.37. The highest BCUT2D eigenvalue weighted by molar-refractivity contribution is 9.10. The van der Waals surface area contributed by atoms with Crippen molar-refractivity contribution in [3.8, 4) is 11.5 Å². The summed E-state index contributed by atoms with van der Waals surface area (Å²) < 4.78 is 11.5. The third-order valence-electron chi connectivity index (χ3n) is 4.10. The second kappa shape index (κ2) is 10.3. The van der Waals surface area contributed by atoms with Crippen LogP contribution >= 0.6 is 39.1 Å². The van der Waals surface area contributed by atoms with Gasteiger partial charge in [-0.2, -0.15) is 0 Å². The second-order valence-corrected chi connectivity index (χ2v) is 8.34. The van der Waals surface area contributed by atoms with Crippen molar-refractivity contribution >= 4 is 56.7 Å². The standard InChI is InChI=1S/C21H22BrCl2NO4/c1-5-28-21(27)12(4)13-8-16(23)19(17(24)9-13)29-14-6-7-18(15(22)10-14)25-20(26)11(2)3/h6-12H,5H2,1-4H3,(H,25,26). The van der Waals surface area contributed by atoms with Gasteiger partial charge in [0, 0.05) is 10.4 Å². The minimum absolute atomic E-state index is 0.0863. The number of halogens is 3. The largest absolute Gasteiger partial charge is 0.466 e. The van der Waals surface area contributed by atoms with Gasteiger partial charge in [0.1, 0.15) is 5.75 Å². The maximum absolute atomic E-state index is 12.0. The molecule has 29 heavy (non-hydrogen) atoms. The van der Waals surface area contributed by atoms with Gasteiger partial charge in [-0.05, 0) is 65.7 Å². The van der Waals surface area contributed by atoms with Gasteiger partial charge >= 0.3 is 5.97 Å². The van der Waals surface area contributed by atoms with E-state index in [1.807, 2.05) is 13.8 Å². The number of esters is 1. The number of nitrogens with one attached hydrogen (secondary N) is 1. The van der Waals surface area contributed by atoms with Crippen LogP contribution in [0.2, 0.25) is 10.0 Å². The summed E-state index contributed by atoms with van der Waals surface area (Å²) in [7, 11) is 0. The van der Waals surface area contributed by atoms with E-state index in [2.05, 4.69) is 21.2 Å². The van der Waals surface area contributed by atoms with Gasteiger partial charge in [-0.15, -0.1) is 0 Å². The van der Waals surface area contributed by atoms with E-state index in [9.17, 15) is 9.59 Å². The minimum Gasteiger partial charge on any atom is -0.466 e. The molecule has 1 atom stereocenters. The summed E-state index contributed by atoms with van der Waals surface area (Å²) >= 11 is 16.1. The number of amides is 1. The fourth-order valence-electron chi connectivity index (χ4n) is 2.39. The zero-order valence-corrected chi connectivity index (χ0v) is 19.6. The first-order chi connectivity index (χ1) is 13.6. The molecule has 5 nitrogen and oxygen atoms in total. The fraction of sp³-hybridized carbons (Fsp3) is 0.333. The molecule has 0 bridgehead atoms. The first-order valence-corrected chi connectivity index (χ1v) is 10.6. The number of rotatable bonds is 7.